The van der Waals surface area contributed by atoms with Crippen LogP contribution in [-0.2, 0) is 17.9 Å². The van der Waals surface area contributed by atoms with Crippen molar-refractivity contribution in [1.29, 1.82) is 0 Å². The first-order valence-corrected chi connectivity index (χ1v) is 13.8. The third kappa shape index (κ3) is 6.04. The molecule has 39 heavy (non-hydrogen) atoms. The van der Waals surface area contributed by atoms with Gasteiger partial charge in [-0.1, -0.05) is 6.07 Å². The largest absolute Gasteiger partial charge is 0.493 e. The van der Waals surface area contributed by atoms with Gasteiger partial charge in [0.1, 0.15) is 6.61 Å². The second-order valence-corrected chi connectivity index (χ2v) is 10.1. The highest BCUT2D eigenvalue weighted by Crippen LogP contribution is 2.50. The quantitative estimate of drug-likeness (QED) is 0.211. The Kier molecular flexibility index (Phi) is 8.82. The zero-order valence-electron chi connectivity index (χ0n) is 21.6. The second kappa shape index (κ2) is 12.3. The molecule has 1 aliphatic carbocycles. The minimum absolute atomic E-state index is 0.180. The van der Waals surface area contributed by atoms with Gasteiger partial charge in [-0.05, 0) is 71.0 Å². The monoisotopic (exact) mass is 574 g/mol. The highest BCUT2D eigenvalue weighted by Gasteiger charge is 2.30. The van der Waals surface area contributed by atoms with E-state index >= 15 is 0 Å². The fourth-order valence-corrected chi connectivity index (χ4v) is 5.70. The molecule has 1 atom stereocenters. The lowest BCUT2D eigenvalue weighted by atomic mass is 9.95. The van der Waals surface area contributed by atoms with Crippen molar-refractivity contribution in [1.82, 2.24) is 5.32 Å². The van der Waals surface area contributed by atoms with Gasteiger partial charge in [0.05, 0.1) is 32.3 Å². The average Bonchev–Trinajstić information content (AvgIpc) is 3.23. The minimum Gasteiger partial charge on any atom is -0.493 e. The summed E-state index contributed by atoms with van der Waals surface area (Å²) in [7, 11) is 4.61. The summed E-state index contributed by atoms with van der Waals surface area (Å²) in [6.07, 6.45) is 2.08. The van der Waals surface area contributed by atoms with E-state index in [0.717, 1.165) is 22.5 Å². The molecule has 1 aliphatic rings. The van der Waals surface area contributed by atoms with E-state index in [1.807, 2.05) is 18.4 Å². The Morgan fingerprint density at radius 2 is 1.92 bits per heavy atom. The van der Waals surface area contributed by atoms with Crippen molar-refractivity contribution in [2.24, 2.45) is 0 Å². The van der Waals surface area contributed by atoms with Gasteiger partial charge in [0.25, 0.3) is 5.09 Å². The lowest BCUT2D eigenvalue weighted by molar-refractivity contribution is -0.763. The van der Waals surface area contributed by atoms with Gasteiger partial charge in [-0.25, -0.2) is 4.79 Å². The van der Waals surface area contributed by atoms with E-state index in [2.05, 4.69) is 10.2 Å². The number of nitrogens with zero attached hydrogens (tertiary/aromatic N) is 1. The molecule has 0 radical (unpaired) electrons. The number of rotatable bonds is 9. The van der Waals surface area contributed by atoms with Crippen LogP contribution in [0.3, 0.4) is 0 Å². The number of nitrogens with one attached hydrogen (secondary N) is 1. The SMILES string of the molecule is COc1cc2c(c(OC)c1OC)-c1ccc(SC)c(=O)cc1[C@@H](NC(=O)Oc1cc(CO[N+](=O)[O-])cs1)CC2. The number of carbonyl (C=O) groups is 1. The Balaban J connectivity index is 1.74. The van der Waals surface area contributed by atoms with Gasteiger partial charge in [0, 0.05) is 5.56 Å². The zero-order chi connectivity index (χ0) is 28.1. The van der Waals surface area contributed by atoms with Gasteiger partial charge in [-0.2, -0.15) is 0 Å². The Morgan fingerprint density at radius 1 is 1.15 bits per heavy atom. The number of benzene rings is 1. The van der Waals surface area contributed by atoms with Gasteiger partial charge < -0.3 is 29.1 Å². The minimum atomic E-state index is -0.890. The van der Waals surface area contributed by atoms with Gasteiger partial charge in [-0.15, -0.1) is 33.2 Å². The molecule has 1 heterocycles. The second-order valence-electron chi connectivity index (χ2n) is 8.35. The van der Waals surface area contributed by atoms with E-state index < -0.39 is 17.2 Å². The van der Waals surface area contributed by atoms with Crippen molar-refractivity contribution in [2.45, 2.75) is 30.4 Å². The van der Waals surface area contributed by atoms with Crippen LogP contribution in [0.25, 0.3) is 11.1 Å². The molecule has 4 rings (SSSR count). The number of fused-ring (bicyclic) bond motifs is 3. The predicted octanol–water partition coefficient (Wildman–Crippen LogP) is 5.01. The molecule has 0 fully saturated rings. The van der Waals surface area contributed by atoms with Gasteiger partial charge >= 0.3 is 6.09 Å². The van der Waals surface area contributed by atoms with Crippen LogP contribution in [0.1, 0.15) is 29.2 Å². The van der Waals surface area contributed by atoms with E-state index in [1.165, 1.54) is 38.1 Å². The van der Waals surface area contributed by atoms with E-state index in [4.69, 9.17) is 18.9 Å². The molecule has 0 unspecified atom stereocenters. The summed E-state index contributed by atoms with van der Waals surface area (Å²) in [5.74, 6) is 1.39. The summed E-state index contributed by atoms with van der Waals surface area (Å²) in [5.41, 5.74) is 3.28. The molecule has 1 N–H and O–H groups in total. The molecule has 11 nitrogen and oxygen atoms in total. The third-order valence-corrected chi connectivity index (χ3v) is 7.80. The topological polar surface area (TPSA) is 135 Å². The molecule has 1 amide bonds. The molecule has 0 spiro atoms. The summed E-state index contributed by atoms with van der Waals surface area (Å²) in [6, 6.07) is 7.94. The summed E-state index contributed by atoms with van der Waals surface area (Å²) in [4.78, 5) is 41.3. The molecule has 1 aromatic heterocycles. The first kappa shape index (κ1) is 28.0. The third-order valence-electron chi connectivity index (χ3n) is 6.17. The van der Waals surface area contributed by atoms with Crippen LogP contribution in [-0.4, -0.2) is 38.8 Å². The maximum absolute atomic E-state index is 13.1. The Morgan fingerprint density at radius 3 is 2.59 bits per heavy atom. The van der Waals surface area contributed by atoms with Gasteiger partial charge in [0.15, 0.2) is 22.0 Å². The number of aryl methyl sites for hydroxylation is 1. The van der Waals surface area contributed by atoms with Crippen molar-refractivity contribution in [3.63, 3.8) is 0 Å². The smallest absolute Gasteiger partial charge is 0.413 e. The maximum Gasteiger partial charge on any atom is 0.413 e. The molecule has 0 bridgehead atoms. The first-order valence-electron chi connectivity index (χ1n) is 11.7. The van der Waals surface area contributed by atoms with Crippen LogP contribution < -0.4 is 29.7 Å². The van der Waals surface area contributed by atoms with Crippen LogP contribution in [0.4, 0.5) is 4.79 Å². The number of thioether (sulfide) groups is 1. The van der Waals surface area contributed by atoms with Gasteiger partial charge in [-0.3, -0.25) is 4.79 Å². The molecule has 2 aromatic carbocycles. The lowest BCUT2D eigenvalue weighted by Crippen LogP contribution is -2.31. The Bertz CT molecular complexity index is 1460. The normalized spacial score (nSPS) is 13.8. The average molecular weight is 575 g/mol. The summed E-state index contributed by atoms with van der Waals surface area (Å²) in [6.45, 7) is -0.252. The first-order chi connectivity index (χ1) is 18.8. The Hall–Kier alpha value is -3.97. The number of ether oxygens (including phenoxy) is 4. The Labute approximate surface area is 232 Å². The molecule has 206 valence electrons. The van der Waals surface area contributed by atoms with Crippen molar-refractivity contribution in [2.75, 3.05) is 27.6 Å². The van der Waals surface area contributed by atoms with Gasteiger partial charge in [0.2, 0.25) is 5.75 Å². The van der Waals surface area contributed by atoms with Crippen LogP contribution in [0.2, 0.25) is 0 Å². The van der Waals surface area contributed by atoms with Crippen molar-refractivity contribution < 1.29 is 33.7 Å². The molecular formula is C26H26N2O9S2. The number of carbonyl (C=O) groups excluding carboxylic acids is 1. The molecule has 13 heteroatoms. The fraction of sp³-hybridized carbons (Fsp3) is 0.308. The van der Waals surface area contributed by atoms with Crippen LogP contribution in [0.15, 0.2) is 45.4 Å². The molecule has 0 aliphatic heterocycles. The van der Waals surface area contributed by atoms with E-state index in [0.29, 0.717) is 51.7 Å². The van der Waals surface area contributed by atoms with E-state index in [9.17, 15) is 19.7 Å². The molecule has 0 saturated heterocycles. The summed E-state index contributed by atoms with van der Waals surface area (Å²) in [5, 5.41) is 14.3. The predicted molar refractivity (Wildman–Crippen MR) is 146 cm³/mol. The van der Waals surface area contributed by atoms with Crippen LogP contribution in [0, 0.1) is 10.1 Å². The summed E-state index contributed by atoms with van der Waals surface area (Å²) >= 11 is 2.44. The number of methoxy groups -OCH3 is 3. The molecule has 0 saturated carbocycles. The lowest BCUT2D eigenvalue weighted by Gasteiger charge is -2.19. The number of amides is 1. The van der Waals surface area contributed by atoms with Crippen molar-refractivity contribution in [3.8, 4) is 33.4 Å². The number of thiophene rings is 1. The highest BCUT2D eigenvalue weighted by atomic mass is 32.2. The maximum atomic E-state index is 13.1. The van der Waals surface area contributed by atoms with Crippen LogP contribution >= 0.6 is 23.1 Å². The standard InChI is InChI=1S/C26H26N2O9S2/c1-33-20-10-15-5-7-18(27-26(30)37-22-9-14(13-39-22)12-36-28(31)32)17-11-19(29)21(38-4)8-6-16(17)23(15)25(35-3)24(20)34-2/h6,8-11,13,18H,5,7,12H2,1-4H3,(H,27,30)/t18-/m0/s1. The molecule has 3 aromatic rings. The highest BCUT2D eigenvalue weighted by molar-refractivity contribution is 7.98. The zero-order valence-corrected chi connectivity index (χ0v) is 23.2. The molecular weight excluding hydrogens is 548 g/mol. The van der Waals surface area contributed by atoms with E-state index in [-0.39, 0.29) is 17.1 Å². The fourth-order valence-electron chi connectivity index (χ4n) is 4.49. The number of hydrogen-bond acceptors (Lipinski definition) is 11. The summed E-state index contributed by atoms with van der Waals surface area (Å²) < 4.78 is 22.4. The number of hydrogen-bond donors (Lipinski definition) is 1. The van der Waals surface area contributed by atoms with Crippen molar-refractivity contribution in [3.05, 3.63) is 72.7 Å². The van der Waals surface area contributed by atoms with Crippen molar-refractivity contribution >= 4 is 29.2 Å². The van der Waals surface area contributed by atoms with E-state index in [1.54, 1.807) is 18.6 Å². The van der Waals surface area contributed by atoms with Crippen LogP contribution in [0.5, 0.6) is 22.3 Å².